The summed E-state index contributed by atoms with van der Waals surface area (Å²) in [6.07, 6.45) is 0. The molecule has 2 aromatic rings. The Morgan fingerprint density at radius 1 is 1.29 bits per heavy atom. The minimum Gasteiger partial charge on any atom is -0.502 e. The van der Waals surface area contributed by atoms with Crippen LogP contribution in [0, 0.1) is 20.6 Å². The molecule has 0 fully saturated rings. The van der Waals surface area contributed by atoms with Crippen LogP contribution in [0.3, 0.4) is 0 Å². The van der Waals surface area contributed by atoms with Gasteiger partial charge in [-0.2, -0.15) is 0 Å². The lowest BCUT2D eigenvalue weighted by molar-refractivity contribution is -0.385. The van der Waals surface area contributed by atoms with E-state index in [4.69, 9.17) is 0 Å². The quantitative estimate of drug-likeness (QED) is 0.471. The number of hydrogen-bond acceptors (Lipinski definition) is 4. The Hall–Kier alpha value is -2.16. The highest BCUT2D eigenvalue weighted by Gasteiger charge is 2.16. The van der Waals surface area contributed by atoms with Crippen molar-refractivity contribution in [3.63, 3.8) is 0 Å². The molecule has 1 amide bonds. The number of benzene rings is 2. The SMILES string of the molecule is Cc1ccc(NC(=O)c2ccc([N+](=O)[O-])c(O)c2)cc1I. The highest BCUT2D eigenvalue weighted by molar-refractivity contribution is 14.1. The number of hydrogen-bond donors (Lipinski definition) is 2. The van der Waals surface area contributed by atoms with Crippen LogP contribution in [0.2, 0.25) is 0 Å². The summed E-state index contributed by atoms with van der Waals surface area (Å²) in [7, 11) is 0. The maximum atomic E-state index is 12.0. The van der Waals surface area contributed by atoms with Gasteiger partial charge in [0.1, 0.15) is 0 Å². The lowest BCUT2D eigenvalue weighted by Gasteiger charge is -2.07. The minimum absolute atomic E-state index is 0.147. The number of nitro benzene ring substituents is 1. The first-order valence-electron chi connectivity index (χ1n) is 5.93. The van der Waals surface area contributed by atoms with E-state index < -0.39 is 22.3 Å². The summed E-state index contributed by atoms with van der Waals surface area (Å²) in [5.41, 5.74) is 1.43. The average Bonchev–Trinajstić information content (AvgIpc) is 2.42. The number of amides is 1. The first-order valence-corrected chi connectivity index (χ1v) is 7.01. The molecule has 2 aromatic carbocycles. The molecular formula is C14H11IN2O4. The number of phenols is 1. The number of nitrogens with zero attached hydrogens (tertiary/aromatic N) is 1. The third-order valence-corrected chi connectivity index (χ3v) is 4.03. The van der Waals surface area contributed by atoms with E-state index in [9.17, 15) is 20.0 Å². The van der Waals surface area contributed by atoms with E-state index in [2.05, 4.69) is 27.9 Å². The highest BCUT2D eigenvalue weighted by atomic mass is 127. The number of carbonyl (C=O) groups excluding carboxylic acids is 1. The Balaban J connectivity index is 2.22. The van der Waals surface area contributed by atoms with E-state index >= 15 is 0 Å². The van der Waals surface area contributed by atoms with Crippen molar-refractivity contribution in [1.82, 2.24) is 0 Å². The van der Waals surface area contributed by atoms with Crippen LogP contribution in [0.4, 0.5) is 11.4 Å². The first-order chi connectivity index (χ1) is 9.88. The molecule has 2 rings (SSSR count). The normalized spacial score (nSPS) is 10.2. The Morgan fingerprint density at radius 2 is 2.00 bits per heavy atom. The molecule has 0 aromatic heterocycles. The number of nitro groups is 1. The van der Waals surface area contributed by atoms with E-state index in [0.29, 0.717) is 5.69 Å². The lowest BCUT2D eigenvalue weighted by atomic mass is 10.1. The third kappa shape index (κ3) is 3.48. The van der Waals surface area contributed by atoms with Gasteiger partial charge in [0.25, 0.3) is 5.91 Å². The van der Waals surface area contributed by atoms with Gasteiger partial charge < -0.3 is 10.4 Å². The van der Waals surface area contributed by atoms with E-state index in [-0.39, 0.29) is 5.56 Å². The molecule has 0 saturated heterocycles. The fraction of sp³-hybridized carbons (Fsp3) is 0.0714. The molecule has 21 heavy (non-hydrogen) atoms. The Kier molecular flexibility index (Phi) is 4.41. The van der Waals surface area contributed by atoms with Crippen LogP contribution in [-0.2, 0) is 0 Å². The lowest BCUT2D eigenvalue weighted by Crippen LogP contribution is -2.12. The van der Waals surface area contributed by atoms with Crippen LogP contribution in [0.5, 0.6) is 5.75 Å². The second-order valence-electron chi connectivity index (χ2n) is 4.38. The van der Waals surface area contributed by atoms with Crippen LogP contribution in [0.15, 0.2) is 36.4 Å². The molecule has 0 aliphatic rings. The standard InChI is InChI=1S/C14H11IN2O4/c1-8-2-4-10(7-11(8)15)16-14(19)9-3-5-12(17(20)21)13(18)6-9/h2-7,18H,1H3,(H,16,19). The van der Waals surface area contributed by atoms with E-state index in [1.54, 1.807) is 6.07 Å². The van der Waals surface area contributed by atoms with Crippen LogP contribution in [-0.4, -0.2) is 15.9 Å². The van der Waals surface area contributed by atoms with E-state index in [1.165, 1.54) is 6.07 Å². The van der Waals surface area contributed by atoms with Gasteiger partial charge in [0, 0.05) is 20.9 Å². The van der Waals surface area contributed by atoms with Crippen molar-refractivity contribution in [1.29, 1.82) is 0 Å². The van der Waals surface area contributed by atoms with Gasteiger partial charge >= 0.3 is 5.69 Å². The Morgan fingerprint density at radius 3 is 2.57 bits per heavy atom. The number of aromatic hydroxyl groups is 1. The van der Waals surface area contributed by atoms with Crippen molar-refractivity contribution >= 4 is 39.9 Å². The van der Waals surface area contributed by atoms with Gasteiger partial charge in [0.15, 0.2) is 5.75 Å². The monoisotopic (exact) mass is 398 g/mol. The molecule has 0 heterocycles. The van der Waals surface area contributed by atoms with Gasteiger partial charge in [-0.15, -0.1) is 0 Å². The molecule has 7 heteroatoms. The van der Waals surface area contributed by atoms with Gasteiger partial charge in [-0.25, -0.2) is 0 Å². The van der Waals surface area contributed by atoms with Crippen LogP contribution >= 0.6 is 22.6 Å². The van der Waals surface area contributed by atoms with Crippen molar-refractivity contribution in [2.24, 2.45) is 0 Å². The topological polar surface area (TPSA) is 92.5 Å². The van der Waals surface area contributed by atoms with Crippen LogP contribution in [0.1, 0.15) is 15.9 Å². The molecule has 108 valence electrons. The van der Waals surface area contributed by atoms with Gasteiger partial charge in [0.05, 0.1) is 4.92 Å². The third-order valence-electron chi connectivity index (χ3n) is 2.86. The van der Waals surface area contributed by atoms with E-state index in [0.717, 1.165) is 21.3 Å². The number of rotatable bonds is 3. The number of nitrogens with one attached hydrogen (secondary N) is 1. The van der Waals surface area contributed by atoms with Crippen molar-refractivity contribution in [2.75, 3.05) is 5.32 Å². The second kappa shape index (κ2) is 6.08. The number of anilines is 1. The summed E-state index contributed by atoms with van der Waals surface area (Å²) in [4.78, 5) is 21.9. The smallest absolute Gasteiger partial charge is 0.310 e. The number of phenolic OH excluding ortho intramolecular Hbond substituents is 1. The highest BCUT2D eigenvalue weighted by Crippen LogP contribution is 2.26. The second-order valence-corrected chi connectivity index (χ2v) is 5.54. The van der Waals surface area contributed by atoms with Gasteiger partial charge in [-0.1, -0.05) is 6.07 Å². The molecule has 0 aliphatic carbocycles. The van der Waals surface area contributed by atoms with Crippen molar-refractivity contribution in [2.45, 2.75) is 6.92 Å². The fourth-order valence-corrected chi connectivity index (χ4v) is 2.21. The maximum absolute atomic E-state index is 12.0. The molecule has 0 spiro atoms. The summed E-state index contributed by atoms with van der Waals surface area (Å²) < 4.78 is 1.01. The molecule has 0 bridgehead atoms. The Labute approximate surface area is 134 Å². The Bertz CT molecular complexity index is 731. The van der Waals surface area contributed by atoms with Gasteiger partial charge in [-0.05, 0) is 59.3 Å². The van der Waals surface area contributed by atoms with Crippen LogP contribution < -0.4 is 5.32 Å². The molecule has 0 unspecified atom stereocenters. The average molecular weight is 398 g/mol. The van der Waals surface area contributed by atoms with E-state index in [1.807, 2.05) is 19.1 Å². The summed E-state index contributed by atoms with van der Waals surface area (Å²) in [6, 6.07) is 8.94. The van der Waals surface area contributed by atoms with Crippen molar-refractivity contribution < 1.29 is 14.8 Å². The van der Waals surface area contributed by atoms with Gasteiger partial charge in [0.2, 0.25) is 0 Å². The van der Waals surface area contributed by atoms with Gasteiger partial charge in [-0.3, -0.25) is 14.9 Å². The number of carbonyl (C=O) groups is 1. The molecule has 0 radical (unpaired) electrons. The summed E-state index contributed by atoms with van der Waals surface area (Å²) >= 11 is 2.16. The maximum Gasteiger partial charge on any atom is 0.310 e. The largest absolute Gasteiger partial charge is 0.502 e. The molecule has 0 atom stereocenters. The molecule has 0 saturated carbocycles. The summed E-state index contributed by atoms with van der Waals surface area (Å²) in [5, 5.41) is 22.8. The summed E-state index contributed by atoms with van der Waals surface area (Å²) in [6.45, 7) is 1.96. The van der Waals surface area contributed by atoms with Crippen LogP contribution in [0.25, 0.3) is 0 Å². The molecule has 6 nitrogen and oxygen atoms in total. The molecule has 0 aliphatic heterocycles. The zero-order valence-corrected chi connectivity index (χ0v) is 13.1. The molecule has 2 N–H and O–H groups in total. The first kappa shape index (κ1) is 15.2. The summed E-state index contributed by atoms with van der Waals surface area (Å²) in [5.74, 6) is -0.981. The zero-order valence-electron chi connectivity index (χ0n) is 11.0. The number of halogens is 1. The number of aryl methyl sites for hydroxylation is 1. The van der Waals surface area contributed by atoms with Crippen molar-refractivity contribution in [3.05, 3.63) is 61.2 Å². The minimum atomic E-state index is -0.709. The predicted molar refractivity (Wildman–Crippen MR) is 86.6 cm³/mol. The fourth-order valence-electron chi connectivity index (χ4n) is 1.69. The molecular weight excluding hydrogens is 387 g/mol. The zero-order chi connectivity index (χ0) is 15.6. The predicted octanol–water partition coefficient (Wildman–Crippen LogP) is 3.47. The van der Waals surface area contributed by atoms with Crippen molar-refractivity contribution in [3.8, 4) is 5.75 Å².